The van der Waals surface area contributed by atoms with Crippen LogP contribution in [0.3, 0.4) is 0 Å². The Labute approximate surface area is 224 Å². The third kappa shape index (κ3) is 4.34. The maximum Gasteiger partial charge on any atom is 0.332 e. The predicted molar refractivity (Wildman–Crippen MR) is 121 cm³/mol. The second-order valence-corrected chi connectivity index (χ2v) is 6.09. The summed E-state index contributed by atoms with van der Waals surface area (Å²) in [6.07, 6.45) is -42.4. The second-order valence-electron chi connectivity index (χ2n) is 6.09. The van der Waals surface area contributed by atoms with Crippen LogP contribution < -0.4 is 11.2 Å². The molecular weight excluding hydrogens is 396 g/mol. The summed E-state index contributed by atoms with van der Waals surface area (Å²) >= 11 is 0. The summed E-state index contributed by atoms with van der Waals surface area (Å²) in [4.78, 5) is 45.7. The quantitative estimate of drug-likeness (QED) is 0.589. The summed E-state index contributed by atoms with van der Waals surface area (Å²) in [6, 6.07) is 0. The van der Waals surface area contributed by atoms with Crippen molar-refractivity contribution in [3.05, 3.63) is 26.7 Å². The van der Waals surface area contributed by atoms with Gasteiger partial charge < -0.3 is 10.1 Å². The molecule has 1 saturated carbocycles. The number of carboxylic acid groups (broad SMARTS) is 1. The van der Waals surface area contributed by atoms with Crippen LogP contribution in [0.25, 0.3) is 11.2 Å². The highest BCUT2D eigenvalue weighted by Crippen LogP contribution is 2.50. The van der Waals surface area contributed by atoms with Gasteiger partial charge in [0.25, 0.3) is 5.56 Å². The lowest BCUT2D eigenvalue weighted by atomic mass is 9.61. The Morgan fingerprint density at radius 1 is 1.23 bits per heavy atom. The first-order chi connectivity index (χ1) is 26.3. The van der Waals surface area contributed by atoms with E-state index < -0.39 is 145 Å². The molecule has 2 aromatic heterocycles. The molecule has 1 aliphatic rings. The van der Waals surface area contributed by atoms with Crippen LogP contribution in [0.15, 0.2) is 9.59 Å². The number of carbonyl (C=O) groups is 1. The average Bonchev–Trinajstić information content (AvgIpc) is 3.47. The first-order valence-electron chi connectivity index (χ1n) is 23.3. The van der Waals surface area contributed by atoms with Gasteiger partial charge in [0, 0.05) is 63.2 Å². The number of nitrogens with zero attached hydrogens (tertiary/aromatic N) is 3. The molecule has 2 heterocycles. The molecule has 2 N–H and O–H groups in total. The normalized spacial score (nSPS) is 49.0. The predicted octanol–water partition coefficient (Wildman–Crippen LogP) is 3.80. The number of rotatable bonds is 9. The molecular formula is C23H36N4O4. The summed E-state index contributed by atoms with van der Waals surface area (Å²) in [7, 11) is 0. The van der Waals surface area contributed by atoms with E-state index in [1.807, 2.05) is 0 Å². The molecule has 0 amide bonds. The van der Waals surface area contributed by atoms with Crippen molar-refractivity contribution in [2.45, 2.75) is 103 Å². The number of hydrogen-bond donors (Lipinski definition) is 2. The smallest absolute Gasteiger partial charge is 0.332 e. The maximum atomic E-state index is 14.1. The average molecular weight is 463 g/mol. The van der Waals surface area contributed by atoms with Crippen molar-refractivity contribution < 1.29 is 51.0 Å². The first-order valence-corrected chi connectivity index (χ1v) is 8.16. The fraction of sp³-hybridized carbons (Fsp3) is 0.739. The third-order valence-corrected chi connectivity index (χ3v) is 4.08. The molecule has 2 aromatic rings. The zero-order valence-electron chi connectivity index (χ0n) is 45.6. The minimum Gasteiger partial charge on any atom is -0.481 e. The van der Waals surface area contributed by atoms with E-state index in [0.29, 0.717) is 0 Å². The van der Waals surface area contributed by atoms with Gasteiger partial charge in [0.05, 0.1) is 2.74 Å². The standard InChI is InChI=1S/C23H36N4O4/c1-5-14-26-18-17(19(30)27(15-6-2)21(26)31)24-20(25-18)22(4)10-12-23(7-3,13-11-22)9-8-16(28)29/h5-15H2,1-4H3,(H,24,25)(H,28,29)/i1D3,2D3,3D2,5D2,6D2,7D2,8D2,9D2,10D2,11D2,12D2,13D2,14D2,15D2. The molecule has 1 fully saturated rings. The fourth-order valence-corrected chi connectivity index (χ4v) is 2.55. The van der Waals surface area contributed by atoms with E-state index in [9.17, 15) is 19.5 Å². The first kappa shape index (κ1) is 5.94. The van der Waals surface area contributed by atoms with Gasteiger partial charge >= 0.3 is 11.7 Å². The number of aliphatic carboxylic acids is 1. The van der Waals surface area contributed by atoms with Gasteiger partial charge in [-0.15, -0.1) is 0 Å². The highest BCUT2D eigenvalue weighted by atomic mass is 16.4. The van der Waals surface area contributed by atoms with Crippen LogP contribution in [0.2, 0.25) is 0 Å². The van der Waals surface area contributed by atoms with E-state index in [2.05, 4.69) is 4.98 Å². The Hall–Kier alpha value is -2.38. The molecule has 8 heteroatoms. The van der Waals surface area contributed by atoms with Gasteiger partial charge in [-0.2, -0.15) is 0 Å². The van der Waals surface area contributed by atoms with E-state index in [1.165, 1.54) is 0 Å². The van der Waals surface area contributed by atoms with Crippen LogP contribution in [-0.4, -0.2) is 30.2 Å². The Kier molecular flexibility index (Phi) is 1.73. The third-order valence-electron chi connectivity index (χ3n) is 4.08. The summed E-state index contributed by atoms with van der Waals surface area (Å²) in [5.74, 6) is -4.66. The number of fused-ring (bicyclic) bond motifs is 1. The number of aromatic nitrogens is 4. The molecule has 172 valence electrons. The van der Waals surface area contributed by atoms with Crippen molar-refractivity contribution in [1.82, 2.24) is 19.1 Å². The second kappa shape index (κ2) is 9.01. The van der Waals surface area contributed by atoms with Crippen molar-refractivity contribution in [2.75, 3.05) is 0 Å². The monoisotopic (exact) mass is 462 g/mol. The van der Waals surface area contributed by atoms with Crippen LogP contribution in [0.5, 0.6) is 0 Å². The Bertz CT molecular complexity index is 2200. The largest absolute Gasteiger partial charge is 0.481 e. The molecule has 0 radical (unpaired) electrons. The van der Waals surface area contributed by atoms with Crippen molar-refractivity contribution in [2.24, 2.45) is 5.41 Å². The molecule has 1 aliphatic carbocycles. The van der Waals surface area contributed by atoms with Crippen molar-refractivity contribution >= 4 is 17.1 Å². The lowest BCUT2D eigenvalue weighted by molar-refractivity contribution is -0.137. The molecule has 0 aliphatic heterocycles. The summed E-state index contributed by atoms with van der Waals surface area (Å²) in [5.41, 5.74) is -17.5. The number of aromatic amines is 1. The Morgan fingerprint density at radius 2 is 1.90 bits per heavy atom. The fourth-order valence-electron chi connectivity index (χ4n) is 2.55. The van der Waals surface area contributed by atoms with Crippen LogP contribution >= 0.6 is 0 Å². The Morgan fingerprint density at radius 3 is 2.52 bits per heavy atom. The number of nitrogens with one attached hydrogen (secondary N) is 1. The zero-order valence-corrected chi connectivity index (χ0v) is 15.6. The number of imidazole rings is 1. The van der Waals surface area contributed by atoms with Crippen LogP contribution in [0, 0.1) is 5.41 Å². The van der Waals surface area contributed by atoms with Crippen LogP contribution in [-0.2, 0) is 23.2 Å². The number of hydrogen-bond acceptors (Lipinski definition) is 4. The van der Waals surface area contributed by atoms with E-state index in [4.69, 9.17) is 41.1 Å². The molecule has 0 saturated heterocycles. The van der Waals surface area contributed by atoms with E-state index in [0.717, 1.165) is 0 Å². The molecule has 0 aromatic carbocycles. The lowest BCUT2D eigenvalue weighted by Gasteiger charge is -2.44. The Balaban J connectivity index is 2.87. The van der Waals surface area contributed by atoms with Crippen LogP contribution in [0.1, 0.15) is 132 Å². The number of carboxylic acids is 1. The van der Waals surface area contributed by atoms with Gasteiger partial charge in [-0.25, -0.2) is 9.78 Å². The maximum absolute atomic E-state index is 14.1. The molecule has 8 nitrogen and oxygen atoms in total. The van der Waals surface area contributed by atoms with Gasteiger partial charge in [0.15, 0.2) is 5.65 Å². The van der Waals surface area contributed by atoms with E-state index >= 15 is 0 Å². The van der Waals surface area contributed by atoms with Gasteiger partial charge in [0.1, 0.15) is 11.3 Å². The summed E-state index contributed by atoms with van der Waals surface area (Å²) in [6.45, 7) is -20.5. The minimum absolute atomic E-state index is 0.185. The molecule has 3 rings (SSSR count). The molecule has 0 spiro atoms. The summed E-state index contributed by atoms with van der Waals surface area (Å²) in [5, 5.41) is 9.70. The van der Waals surface area contributed by atoms with E-state index in [1.54, 1.807) is 4.98 Å². The van der Waals surface area contributed by atoms with Crippen molar-refractivity contribution in [3.8, 4) is 0 Å². The van der Waals surface area contributed by atoms with Gasteiger partial charge in [-0.05, 0) is 50.0 Å². The van der Waals surface area contributed by atoms with Crippen molar-refractivity contribution in [3.63, 3.8) is 0 Å². The minimum atomic E-state index is -5.12. The molecule has 0 unspecified atom stereocenters. The molecule has 0 atom stereocenters. The van der Waals surface area contributed by atoms with Gasteiger partial charge in [-0.3, -0.25) is 18.7 Å². The van der Waals surface area contributed by atoms with E-state index in [-0.39, 0.29) is 6.92 Å². The molecule has 0 bridgehead atoms. The van der Waals surface area contributed by atoms with Crippen LogP contribution in [0.4, 0.5) is 0 Å². The number of aryl methyl sites for hydroxylation is 1. The zero-order chi connectivity index (χ0) is 49.1. The highest BCUT2D eigenvalue weighted by molar-refractivity contribution is 5.70. The number of H-pyrrole nitrogens is 1. The SMILES string of the molecule is [2H]C([2H])C([2H])([2H])C1(C([2H])([2H])C([2H])([2H])C(=O)O)C([2H])([2H])C([2H])([2H])C(C)(c2nc3c([nH]2)c(=O)n(C([2H])([2H])C([2H])([2H])C([2H])([2H])[2H])c(=O)n3C([2H])([2H])C([2H])([2H])C([2H])([2H])[2H])C([2H])([2H])C1([2H])[2H]. The topological polar surface area (TPSA) is 110 Å². The van der Waals surface area contributed by atoms with Gasteiger partial charge in [-0.1, -0.05) is 33.9 Å². The molecule has 31 heavy (non-hydrogen) atoms. The highest BCUT2D eigenvalue weighted by Gasteiger charge is 2.42. The lowest BCUT2D eigenvalue weighted by Crippen LogP contribution is -2.40. The summed E-state index contributed by atoms with van der Waals surface area (Å²) < 4.78 is 248. The van der Waals surface area contributed by atoms with Crippen molar-refractivity contribution in [1.29, 1.82) is 0 Å². The van der Waals surface area contributed by atoms with Gasteiger partial charge in [0.2, 0.25) is 0 Å².